The van der Waals surface area contributed by atoms with E-state index in [4.69, 9.17) is 5.73 Å². The number of nitrogens with one attached hydrogen (secondary N) is 2. The molecule has 6 heteroatoms. The topological polar surface area (TPSA) is 79.6 Å². The zero-order chi connectivity index (χ0) is 11.6. The number of aromatic nitrogens is 3. The van der Waals surface area contributed by atoms with Crippen LogP contribution in [0, 0.1) is 0 Å². The maximum atomic E-state index is 5.45. The fraction of sp³-hybridized carbons (Fsp3) is 0.400. The van der Waals surface area contributed by atoms with E-state index in [2.05, 4.69) is 51.9 Å². The van der Waals surface area contributed by atoms with E-state index in [-0.39, 0.29) is 5.41 Å². The number of anilines is 2. The Morgan fingerprint density at radius 1 is 1.56 bits per heavy atom. The number of rotatable bonds is 4. The standard InChI is InChI=1S/C10H15N5S/c1-10(2,7-4-3-5-16-7)6-12-9-13-8(11)14-15-9/h3-5H,6H2,1-2H3,(H4,11,12,13,14,15). The SMILES string of the molecule is CC(C)(CNc1n[nH]c(N)n1)c1cccs1. The van der Waals surface area contributed by atoms with Crippen molar-refractivity contribution in [1.29, 1.82) is 0 Å². The second kappa shape index (κ2) is 4.13. The van der Waals surface area contributed by atoms with Crippen molar-refractivity contribution in [1.82, 2.24) is 15.2 Å². The Hall–Kier alpha value is -1.56. The minimum Gasteiger partial charge on any atom is -0.368 e. The third kappa shape index (κ3) is 2.33. The first-order valence-corrected chi connectivity index (χ1v) is 5.92. The number of nitrogens with two attached hydrogens (primary N) is 1. The smallest absolute Gasteiger partial charge is 0.243 e. The van der Waals surface area contributed by atoms with Gasteiger partial charge in [-0.05, 0) is 11.4 Å². The molecular weight excluding hydrogens is 222 g/mol. The highest BCUT2D eigenvalue weighted by molar-refractivity contribution is 7.10. The lowest BCUT2D eigenvalue weighted by Crippen LogP contribution is -2.26. The van der Waals surface area contributed by atoms with Crippen molar-refractivity contribution in [2.24, 2.45) is 0 Å². The molecule has 0 amide bonds. The van der Waals surface area contributed by atoms with Crippen LogP contribution >= 0.6 is 11.3 Å². The van der Waals surface area contributed by atoms with Crippen LogP contribution in [0.2, 0.25) is 0 Å². The summed E-state index contributed by atoms with van der Waals surface area (Å²) in [5, 5.41) is 11.8. The molecule has 0 bridgehead atoms. The molecule has 2 aromatic rings. The number of aromatic amines is 1. The number of nitrogen functional groups attached to an aromatic ring is 1. The number of hydrogen-bond donors (Lipinski definition) is 3. The molecule has 2 heterocycles. The van der Waals surface area contributed by atoms with Crippen molar-refractivity contribution in [3.8, 4) is 0 Å². The normalized spacial score (nSPS) is 11.6. The Kier molecular flexibility index (Phi) is 2.82. The highest BCUT2D eigenvalue weighted by Crippen LogP contribution is 2.27. The fourth-order valence-electron chi connectivity index (χ4n) is 1.40. The molecule has 0 fully saturated rings. The van der Waals surface area contributed by atoms with Gasteiger partial charge in [-0.3, -0.25) is 0 Å². The zero-order valence-electron chi connectivity index (χ0n) is 9.32. The van der Waals surface area contributed by atoms with Gasteiger partial charge in [-0.2, -0.15) is 4.98 Å². The van der Waals surface area contributed by atoms with E-state index in [0.29, 0.717) is 11.9 Å². The van der Waals surface area contributed by atoms with Gasteiger partial charge in [0.15, 0.2) is 0 Å². The number of hydrogen-bond acceptors (Lipinski definition) is 5. The van der Waals surface area contributed by atoms with Crippen molar-refractivity contribution in [3.63, 3.8) is 0 Å². The van der Waals surface area contributed by atoms with Gasteiger partial charge >= 0.3 is 0 Å². The third-order valence-electron chi connectivity index (χ3n) is 2.38. The molecule has 0 aliphatic rings. The number of H-pyrrole nitrogens is 1. The van der Waals surface area contributed by atoms with E-state index >= 15 is 0 Å². The molecule has 5 nitrogen and oxygen atoms in total. The second-order valence-electron chi connectivity index (χ2n) is 4.26. The van der Waals surface area contributed by atoms with E-state index in [9.17, 15) is 0 Å². The predicted molar refractivity (Wildman–Crippen MR) is 66.6 cm³/mol. The summed E-state index contributed by atoms with van der Waals surface area (Å²) >= 11 is 1.76. The summed E-state index contributed by atoms with van der Waals surface area (Å²) in [6.07, 6.45) is 0. The van der Waals surface area contributed by atoms with Gasteiger partial charge in [0.1, 0.15) is 0 Å². The first-order chi connectivity index (χ1) is 7.58. The zero-order valence-corrected chi connectivity index (χ0v) is 10.1. The number of nitrogens with zero attached hydrogens (tertiary/aromatic N) is 2. The largest absolute Gasteiger partial charge is 0.368 e. The van der Waals surface area contributed by atoms with E-state index in [1.54, 1.807) is 11.3 Å². The average molecular weight is 237 g/mol. The van der Waals surface area contributed by atoms with Gasteiger partial charge < -0.3 is 11.1 Å². The van der Waals surface area contributed by atoms with Crippen LogP contribution in [0.25, 0.3) is 0 Å². The predicted octanol–water partition coefficient (Wildman–Crippen LogP) is 1.84. The van der Waals surface area contributed by atoms with Crippen molar-refractivity contribution in [2.45, 2.75) is 19.3 Å². The van der Waals surface area contributed by atoms with Crippen molar-refractivity contribution in [2.75, 3.05) is 17.6 Å². The Morgan fingerprint density at radius 3 is 2.94 bits per heavy atom. The first-order valence-electron chi connectivity index (χ1n) is 5.04. The fourth-order valence-corrected chi connectivity index (χ4v) is 2.26. The molecule has 2 rings (SSSR count). The summed E-state index contributed by atoms with van der Waals surface area (Å²) in [7, 11) is 0. The lowest BCUT2D eigenvalue weighted by Gasteiger charge is -2.23. The van der Waals surface area contributed by atoms with E-state index in [1.165, 1.54) is 4.88 Å². The van der Waals surface area contributed by atoms with Gasteiger partial charge in [-0.15, -0.1) is 16.4 Å². The van der Waals surface area contributed by atoms with Crippen LogP contribution in [0.3, 0.4) is 0 Å². The van der Waals surface area contributed by atoms with E-state index in [0.717, 1.165) is 6.54 Å². The summed E-state index contributed by atoms with van der Waals surface area (Å²) < 4.78 is 0. The summed E-state index contributed by atoms with van der Waals surface area (Å²) in [5.41, 5.74) is 5.50. The molecule has 16 heavy (non-hydrogen) atoms. The maximum Gasteiger partial charge on any atom is 0.243 e. The van der Waals surface area contributed by atoms with Crippen LogP contribution in [-0.4, -0.2) is 21.7 Å². The van der Waals surface area contributed by atoms with Crippen molar-refractivity contribution < 1.29 is 0 Å². The number of thiophene rings is 1. The molecule has 86 valence electrons. The molecule has 0 aliphatic carbocycles. The van der Waals surface area contributed by atoms with E-state index in [1.807, 2.05) is 0 Å². The lowest BCUT2D eigenvalue weighted by atomic mass is 9.91. The minimum atomic E-state index is 0.0591. The quantitative estimate of drug-likeness (QED) is 0.758. The molecule has 0 aromatic carbocycles. The van der Waals surface area contributed by atoms with Gasteiger partial charge in [0.25, 0.3) is 0 Å². The maximum absolute atomic E-state index is 5.45. The van der Waals surface area contributed by atoms with Crippen LogP contribution in [0.4, 0.5) is 11.9 Å². The summed E-state index contributed by atoms with van der Waals surface area (Å²) in [4.78, 5) is 5.34. The summed E-state index contributed by atoms with van der Waals surface area (Å²) in [6, 6.07) is 4.20. The van der Waals surface area contributed by atoms with Crippen LogP contribution in [0.5, 0.6) is 0 Å². The Labute approximate surface area is 98.1 Å². The van der Waals surface area contributed by atoms with Crippen LogP contribution in [0.1, 0.15) is 18.7 Å². The Bertz CT molecular complexity index is 445. The van der Waals surface area contributed by atoms with Crippen LogP contribution < -0.4 is 11.1 Å². The Morgan fingerprint density at radius 2 is 2.38 bits per heavy atom. The molecule has 2 aromatic heterocycles. The monoisotopic (exact) mass is 237 g/mol. The average Bonchev–Trinajstić information content (AvgIpc) is 2.85. The van der Waals surface area contributed by atoms with Crippen molar-refractivity contribution in [3.05, 3.63) is 22.4 Å². The molecular formula is C10H15N5S. The van der Waals surface area contributed by atoms with Gasteiger partial charge in [0.2, 0.25) is 11.9 Å². The minimum absolute atomic E-state index is 0.0591. The molecule has 0 saturated heterocycles. The molecule has 4 N–H and O–H groups in total. The summed E-state index contributed by atoms with van der Waals surface area (Å²) in [6.45, 7) is 5.13. The lowest BCUT2D eigenvalue weighted by molar-refractivity contribution is 0.567. The van der Waals surface area contributed by atoms with Crippen LogP contribution in [0.15, 0.2) is 17.5 Å². The molecule has 0 atom stereocenters. The molecule has 0 radical (unpaired) electrons. The molecule has 0 aliphatic heterocycles. The van der Waals surface area contributed by atoms with Gasteiger partial charge in [0.05, 0.1) is 0 Å². The molecule has 0 spiro atoms. The second-order valence-corrected chi connectivity index (χ2v) is 5.21. The van der Waals surface area contributed by atoms with Gasteiger partial charge in [-0.25, -0.2) is 5.10 Å². The third-order valence-corrected chi connectivity index (χ3v) is 3.62. The molecule has 0 unspecified atom stereocenters. The first kappa shape index (κ1) is 10.9. The highest BCUT2D eigenvalue weighted by Gasteiger charge is 2.21. The highest BCUT2D eigenvalue weighted by atomic mass is 32.1. The van der Waals surface area contributed by atoms with Crippen molar-refractivity contribution >= 4 is 23.2 Å². The van der Waals surface area contributed by atoms with Gasteiger partial charge in [0, 0.05) is 16.8 Å². The van der Waals surface area contributed by atoms with Gasteiger partial charge in [-0.1, -0.05) is 19.9 Å². The molecule has 0 saturated carbocycles. The van der Waals surface area contributed by atoms with Crippen LogP contribution in [-0.2, 0) is 5.41 Å². The Balaban J connectivity index is 2.00. The van der Waals surface area contributed by atoms with E-state index < -0.39 is 0 Å². The summed E-state index contributed by atoms with van der Waals surface area (Å²) in [5.74, 6) is 0.874.